The molecule has 3 rings (SSSR count). The second-order valence-electron chi connectivity index (χ2n) is 4.80. The van der Waals surface area contributed by atoms with Crippen LogP contribution >= 0.6 is 0 Å². The van der Waals surface area contributed by atoms with E-state index in [0.717, 1.165) is 4.57 Å². The maximum atomic E-state index is 12.1. The van der Waals surface area contributed by atoms with E-state index in [4.69, 9.17) is 0 Å². The number of fused-ring (bicyclic) bond motifs is 1. The first kappa shape index (κ1) is 13.1. The van der Waals surface area contributed by atoms with Gasteiger partial charge >= 0.3 is 17.1 Å². The van der Waals surface area contributed by atoms with Crippen molar-refractivity contribution in [1.29, 1.82) is 0 Å². The lowest BCUT2D eigenvalue weighted by molar-refractivity contribution is -0.119. The smallest absolute Gasteiger partial charge is 0.337 e. The first-order valence-corrected chi connectivity index (χ1v) is 6.26. The number of carboxylic acid groups (broad SMARTS) is 1. The van der Waals surface area contributed by atoms with Crippen molar-refractivity contribution in [3.05, 3.63) is 44.5 Å². The zero-order valence-corrected chi connectivity index (χ0v) is 10.8. The minimum Gasteiger partial charge on any atom is -0.478 e. The molecular weight excluding hydrogens is 278 g/mol. The van der Waals surface area contributed by atoms with Crippen molar-refractivity contribution < 1.29 is 14.7 Å². The van der Waals surface area contributed by atoms with Gasteiger partial charge in [-0.2, -0.15) is 0 Å². The summed E-state index contributed by atoms with van der Waals surface area (Å²) in [6, 6.07) is 3.77. The van der Waals surface area contributed by atoms with Crippen molar-refractivity contribution >= 4 is 22.9 Å². The fraction of sp³-hybridized carbons (Fsp3) is 0.231. The number of hydrogen-bond acceptors (Lipinski definition) is 4. The quantitative estimate of drug-likeness (QED) is 0.640. The molecule has 8 heteroatoms. The van der Waals surface area contributed by atoms with E-state index in [2.05, 4.69) is 10.3 Å². The highest BCUT2D eigenvalue weighted by molar-refractivity contribution is 6.01. The number of nitrogens with one attached hydrogen (secondary N) is 2. The van der Waals surface area contributed by atoms with E-state index in [-0.39, 0.29) is 35.5 Å². The third-order valence-corrected chi connectivity index (χ3v) is 3.49. The predicted octanol–water partition coefficient (Wildman–Crippen LogP) is -0.551. The number of carbonyl (C=O) groups excluding carboxylic acids is 1. The van der Waals surface area contributed by atoms with Gasteiger partial charge in [-0.25, -0.2) is 4.79 Å². The van der Waals surface area contributed by atoms with E-state index in [1.165, 1.54) is 18.2 Å². The summed E-state index contributed by atoms with van der Waals surface area (Å²) in [5.41, 5.74) is -1.43. The molecule has 2 heterocycles. The molecule has 1 atom stereocenters. The first-order chi connectivity index (χ1) is 9.99. The van der Waals surface area contributed by atoms with Crippen molar-refractivity contribution in [2.45, 2.75) is 12.5 Å². The average molecular weight is 289 g/mol. The fourth-order valence-electron chi connectivity index (χ4n) is 2.58. The van der Waals surface area contributed by atoms with Crippen molar-refractivity contribution in [2.24, 2.45) is 0 Å². The molecule has 108 valence electrons. The molecule has 3 N–H and O–H groups in total. The van der Waals surface area contributed by atoms with Gasteiger partial charge in [-0.15, -0.1) is 0 Å². The Hall–Kier alpha value is -2.90. The molecule has 1 aliphatic rings. The minimum absolute atomic E-state index is 0.0341. The van der Waals surface area contributed by atoms with Crippen LogP contribution < -0.4 is 16.4 Å². The van der Waals surface area contributed by atoms with Gasteiger partial charge in [-0.1, -0.05) is 6.07 Å². The summed E-state index contributed by atoms with van der Waals surface area (Å²) in [6.45, 7) is 0.186. The molecule has 1 aromatic heterocycles. The van der Waals surface area contributed by atoms with Crippen molar-refractivity contribution in [2.75, 3.05) is 6.54 Å². The van der Waals surface area contributed by atoms with Crippen LogP contribution in [0.25, 0.3) is 11.0 Å². The highest BCUT2D eigenvalue weighted by atomic mass is 16.4. The van der Waals surface area contributed by atoms with Crippen molar-refractivity contribution in [1.82, 2.24) is 14.9 Å². The summed E-state index contributed by atoms with van der Waals surface area (Å²) in [5, 5.41) is 11.8. The molecule has 0 spiro atoms. The number of carbonyl (C=O) groups is 2. The lowest BCUT2D eigenvalue weighted by atomic mass is 10.1. The molecule has 1 amide bonds. The van der Waals surface area contributed by atoms with E-state index < -0.39 is 23.1 Å². The van der Waals surface area contributed by atoms with E-state index in [1.807, 2.05) is 0 Å². The van der Waals surface area contributed by atoms with Gasteiger partial charge in [-0.3, -0.25) is 19.0 Å². The molecule has 0 aliphatic carbocycles. The second kappa shape index (κ2) is 4.58. The molecule has 1 saturated heterocycles. The Labute approximate surface area is 117 Å². The standard InChI is InChI=1S/C13H11N3O5/c17-9-4-6(5-14-9)16-10-7(13(20)21)2-1-3-8(10)15-11(18)12(16)19/h1-3,6H,4-5H2,(H,14,17)(H,15,18)(H,20,21). The monoisotopic (exact) mass is 289 g/mol. The molecule has 1 aromatic carbocycles. The Morgan fingerprint density at radius 1 is 1.29 bits per heavy atom. The Bertz CT molecular complexity index is 879. The van der Waals surface area contributed by atoms with Gasteiger partial charge in [0, 0.05) is 13.0 Å². The molecule has 0 radical (unpaired) electrons. The molecule has 0 saturated carbocycles. The Morgan fingerprint density at radius 3 is 2.67 bits per heavy atom. The number of H-pyrrole nitrogens is 1. The van der Waals surface area contributed by atoms with E-state index in [1.54, 1.807) is 0 Å². The number of benzene rings is 1. The molecule has 1 aliphatic heterocycles. The Morgan fingerprint density at radius 2 is 2.05 bits per heavy atom. The van der Waals surface area contributed by atoms with Crippen LogP contribution in [0.4, 0.5) is 0 Å². The second-order valence-corrected chi connectivity index (χ2v) is 4.80. The lowest BCUT2D eigenvalue weighted by Gasteiger charge is -2.16. The Kier molecular flexibility index (Phi) is 2.86. The van der Waals surface area contributed by atoms with Gasteiger partial charge in [0.15, 0.2) is 0 Å². The number of aromatic carboxylic acids is 1. The van der Waals surface area contributed by atoms with Crippen molar-refractivity contribution in [3.8, 4) is 0 Å². The number of hydrogen-bond donors (Lipinski definition) is 3. The topological polar surface area (TPSA) is 121 Å². The van der Waals surface area contributed by atoms with Crippen LogP contribution in [0.2, 0.25) is 0 Å². The molecule has 2 aromatic rings. The number of aromatic amines is 1. The molecule has 1 fully saturated rings. The first-order valence-electron chi connectivity index (χ1n) is 6.26. The van der Waals surface area contributed by atoms with Gasteiger partial charge < -0.3 is 15.4 Å². The molecule has 1 unspecified atom stereocenters. The maximum Gasteiger partial charge on any atom is 0.337 e. The average Bonchev–Trinajstić information content (AvgIpc) is 2.85. The molecule has 8 nitrogen and oxygen atoms in total. The summed E-state index contributed by atoms with van der Waals surface area (Å²) in [5.74, 6) is -1.45. The third-order valence-electron chi connectivity index (χ3n) is 3.49. The largest absolute Gasteiger partial charge is 0.478 e. The number of carboxylic acids is 1. The number of rotatable bonds is 2. The minimum atomic E-state index is -1.21. The predicted molar refractivity (Wildman–Crippen MR) is 72.5 cm³/mol. The molecular formula is C13H11N3O5. The lowest BCUT2D eigenvalue weighted by Crippen LogP contribution is -2.39. The fourth-order valence-corrected chi connectivity index (χ4v) is 2.58. The van der Waals surface area contributed by atoms with E-state index >= 15 is 0 Å². The van der Waals surface area contributed by atoms with Gasteiger partial charge in [0.05, 0.1) is 22.6 Å². The maximum absolute atomic E-state index is 12.1. The summed E-state index contributed by atoms with van der Waals surface area (Å²) in [4.78, 5) is 48.9. The number of nitrogens with zero attached hydrogens (tertiary/aromatic N) is 1. The SMILES string of the molecule is O=C1CC(n2c(=O)c(=O)[nH]c3cccc(C(=O)O)c32)CN1. The number of para-hydroxylation sites is 1. The van der Waals surface area contributed by atoms with Gasteiger partial charge in [-0.05, 0) is 12.1 Å². The van der Waals surface area contributed by atoms with E-state index in [9.17, 15) is 24.3 Å². The Balaban J connectivity index is 2.42. The van der Waals surface area contributed by atoms with Crippen LogP contribution in [0.3, 0.4) is 0 Å². The van der Waals surface area contributed by atoms with Gasteiger partial charge in [0.2, 0.25) is 5.91 Å². The van der Waals surface area contributed by atoms with Crippen LogP contribution in [0.15, 0.2) is 27.8 Å². The van der Waals surface area contributed by atoms with Gasteiger partial charge in [0.1, 0.15) is 0 Å². The molecule has 0 bridgehead atoms. The zero-order valence-electron chi connectivity index (χ0n) is 10.8. The summed E-state index contributed by atoms with van der Waals surface area (Å²) >= 11 is 0. The van der Waals surface area contributed by atoms with Gasteiger partial charge in [0.25, 0.3) is 0 Å². The van der Waals surface area contributed by atoms with E-state index in [0.29, 0.717) is 0 Å². The van der Waals surface area contributed by atoms with Crippen LogP contribution in [0.1, 0.15) is 22.8 Å². The summed E-state index contributed by atoms with van der Waals surface area (Å²) < 4.78 is 1.11. The normalized spacial score (nSPS) is 17.9. The van der Waals surface area contributed by atoms with Crippen LogP contribution in [0.5, 0.6) is 0 Å². The summed E-state index contributed by atoms with van der Waals surface area (Å²) in [6.07, 6.45) is 0.0341. The van der Waals surface area contributed by atoms with Crippen LogP contribution in [0, 0.1) is 0 Å². The highest BCUT2D eigenvalue weighted by Gasteiger charge is 2.27. The van der Waals surface area contributed by atoms with Crippen LogP contribution in [-0.4, -0.2) is 33.1 Å². The number of aromatic nitrogens is 2. The number of amides is 1. The third kappa shape index (κ3) is 2.00. The van der Waals surface area contributed by atoms with Crippen molar-refractivity contribution in [3.63, 3.8) is 0 Å². The zero-order chi connectivity index (χ0) is 15.1. The van der Waals surface area contributed by atoms with Crippen LogP contribution in [-0.2, 0) is 4.79 Å². The summed E-state index contributed by atoms with van der Waals surface area (Å²) in [7, 11) is 0. The molecule has 21 heavy (non-hydrogen) atoms. The highest BCUT2D eigenvalue weighted by Crippen LogP contribution is 2.22.